The smallest absolute Gasteiger partial charge is 0.252 e. The lowest BCUT2D eigenvalue weighted by molar-refractivity contribution is -0.154. The van der Waals surface area contributed by atoms with E-state index in [4.69, 9.17) is 9.47 Å². The van der Waals surface area contributed by atoms with E-state index in [0.29, 0.717) is 25.7 Å². The second-order valence-electron chi connectivity index (χ2n) is 5.01. The Balaban J connectivity index is 2.01. The van der Waals surface area contributed by atoms with Gasteiger partial charge in [-0.15, -0.1) is 0 Å². The van der Waals surface area contributed by atoms with E-state index in [1.165, 1.54) is 0 Å². The van der Waals surface area contributed by atoms with Crippen LogP contribution in [0.3, 0.4) is 0 Å². The van der Waals surface area contributed by atoms with Crippen molar-refractivity contribution in [3.05, 3.63) is 0 Å². The van der Waals surface area contributed by atoms with E-state index in [1.807, 2.05) is 11.8 Å². The summed E-state index contributed by atoms with van der Waals surface area (Å²) in [7, 11) is 0. The van der Waals surface area contributed by atoms with Crippen molar-refractivity contribution in [2.24, 2.45) is 5.92 Å². The molecule has 0 aliphatic carbocycles. The average molecular weight is 306 g/mol. The fourth-order valence-electron chi connectivity index (χ4n) is 2.39. The molecule has 4 nitrogen and oxygen atoms in total. The SMILES string of the molecule is CC1CCOC1C(=O)N1CC(CBr)OCC1C. The molecule has 5 heteroatoms. The summed E-state index contributed by atoms with van der Waals surface area (Å²) < 4.78 is 11.2. The summed E-state index contributed by atoms with van der Waals surface area (Å²) >= 11 is 3.41. The highest BCUT2D eigenvalue weighted by Crippen LogP contribution is 2.24. The zero-order valence-electron chi connectivity index (χ0n) is 10.4. The minimum atomic E-state index is -0.244. The second-order valence-corrected chi connectivity index (χ2v) is 5.65. The Bertz CT molecular complexity index is 287. The molecule has 1 amide bonds. The molecule has 2 heterocycles. The lowest BCUT2D eigenvalue weighted by Crippen LogP contribution is -2.55. The lowest BCUT2D eigenvalue weighted by atomic mass is 10.0. The summed E-state index contributed by atoms with van der Waals surface area (Å²) in [4.78, 5) is 14.3. The van der Waals surface area contributed by atoms with Crippen molar-refractivity contribution in [2.75, 3.05) is 25.1 Å². The van der Waals surface area contributed by atoms with Gasteiger partial charge in [0.2, 0.25) is 0 Å². The number of alkyl halides is 1. The first-order valence-electron chi connectivity index (χ1n) is 6.23. The molecule has 98 valence electrons. The van der Waals surface area contributed by atoms with E-state index >= 15 is 0 Å². The van der Waals surface area contributed by atoms with Crippen molar-refractivity contribution in [3.63, 3.8) is 0 Å². The van der Waals surface area contributed by atoms with Crippen molar-refractivity contribution < 1.29 is 14.3 Å². The molecule has 0 aromatic heterocycles. The molecule has 2 rings (SSSR count). The van der Waals surface area contributed by atoms with E-state index in [0.717, 1.165) is 11.8 Å². The average Bonchev–Trinajstić information content (AvgIpc) is 2.75. The van der Waals surface area contributed by atoms with Crippen LogP contribution in [-0.2, 0) is 14.3 Å². The molecule has 4 atom stereocenters. The molecule has 0 aromatic carbocycles. The number of carbonyl (C=O) groups is 1. The molecule has 2 fully saturated rings. The van der Waals surface area contributed by atoms with Gasteiger partial charge in [0.05, 0.1) is 18.8 Å². The van der Waals surface area contributed by atoms with Gasteiger partial charge >= 0.3 is 0 Å². The van der Waals surface area contributed by atoms with Gasteiger partial charge in [0.25, 0.3) is 5.91 Å². The topological polar surface area (TPSA) is 38.8 Å². The van der Waals surface area contributed by atoms with Crippen LogP contribution in [0.25, 0.3) is 0 Å². The quantitative estimate of drug-likeness (QED) is 0.724. The van der Waals surface area contributed by atoms with Crippen LogP contribution in [0, 0.1) is 5.92 Å². The fourth-order valence-corrected chi connectivity index (χ4v) is 2.78. The first-order chi connectivity index (χ1) is 8.13. The molecule has 2 aliphatic heterocycles. The Morgan fingerprint density at radius 2 is 2.18 bits per heavy atom. The van der Waals surface area contributed by atoms with Gasteiger partial charge < -0.3 is 14.4 Å². The Kier molecular flexibility index (Phi) is 4.44. The zero-order chi connectivity index (χ0) is 12.4. The number of amides is 1. The van der Waals surface area contributed by atoms with Crippen molar-refractivity contribution in [3.8, 4) is 0 Å². The van der Waals surface area contributed by atoms with Gasteiger partial charge in [0.1, 0.15) is 6.10 Å². The molecule has 2 saturated heterocycles. The zero-order valence-corrected chi connectivity index (χ0v) is 12.0. The molecule has 4 unspecified atom stereocenters. The molecule has 2 aliphatic rings. The van der Waals surface area contributed by atoms with Gasteiger partial charge in [-0.3, -0.25) is 4.79 Å². The molecular weight excluding hydrogens is 286 g/mol. The summed E-state index contributed by atoms with van der Waals surface area (Å²) in [6, 6.07) is 0.147. The molecule has 0 radical (unpaired) electrons. The number of morpholine rings is 1. The van der Waals surface area contributed by atoms with Crippen molar-refractivity contribution in [2.45, 2.75) is 38.5 Å². The van der Waals surface area contributed by atoms with Crippen molar-refractivity contribution in [1.82, 2.24) is 4.90 Å². The first-order valence-corrected chi connectivity index (χ1v) is 7.35. The Labute approximate surface area is 111 Å². The molecule has 0 N–H and O–H groups in total. The largest absolute Gasteiger partial charge is 0.373 e. The normalized spacial score (nSPS) is 38.4. The van der Waals surface area contributed by atoms with E-state index in [-0.39, 0.29) is 24.2 Å². The molecule has 17 heavy (non-hydrogen) atoms. The Morgan fingerprint density at radius 1 is 1.41 bits per heavy atom. The summed E-state index contributed by atoms with van der Waals surface area (Å²) in [5, 5.41) is 0.768. The van der Waals surface area contributed by atoms with Gasteiger partial charge in [-0.2, -0.15) is 0 Å². The number of nitrogens with zero attached hydrogens (tertiary/aromatic N) is 1. The highest BCUT2D eigenvalue weighted by atomic mass is 79.9. The van der Waals surface area contributed by atoms with Crippen LogP contribution >= 0.6 is 15.9 Å². The van der Waals surface area contributed by atoms with Crippen molar-refractivity contribution in [1.29, 1.82) is 0 Å². The standard InChI is InChI=1S/C12H20BrNO3/c1-8-3-4-16-11(8)12(15)14-6-10(5-13)17-7-9(14)2/h8-11H,3-7H2,1-2H3. The lowest BCUT2D eigenvalue weighted by Gasteiger charge is -2.39. The minimum absolute atomic E-state index is 0.104. The van der Waals surface area contributed by atoms with Crippen LogP contribution in [0.15, 0.2) is 0 Å². The highest BCUT2D eigenvalue weighted by molar-refractivity contribution is 9.09. The third-order valence-corrected chi connectivity index (χ3v) is 4.31. The summed E-state index contributed by atoms with van der Waals surface area (Å²) in [6.07, 6.45) is 0.843. The number of halogens is 1. The number of ether oxygens (including phenoxy) is 2. The molecule has 0 aromatic rings. The minimum Gasteiger partial charge on any atom is -0.373 e. The van der Waals surface area contributed by atoms with Crippen LogP contribution in [0.2, 0.25) is 0 Å². The van der Waals surface area contributed by atoms with Gasteiger partial charge in [-0.05, 0) is 19.3 Å². The maximum Gasteiger partial charge on any atom is 0.252 e. The van der Waals surface area contributed by atoms with Gasteiger partial charge in [-0.25, -0.2) is 0 Å². The predicted octanol–water partition coefficient (Wildman–Crippen LogP) is 1.42. The van der Waals surface area contributed by atoms with Crippen LogP contribution in [-0.4, -0.2) is 54.1 Å². The van der Waals surface area contributed by atoms with E-state index in [1.54, 1.807) is 0 Å². The molecule has 0 spiro atoms. The Hall–Kier alpha value is -0.130. The maximum absolute atomic E-state index is 12.4. The number of carbonyl (C=O) groups excluding carboxylic acids is 1. The van der Waals surface area contributed by atoms with Gasteiger partial charge in [-0.1, -0.05) is 22.9 Å². The predicted molar refractivity (Wildman–Crippen MR) is 68.2 cm³/mol. The Morgan fingerprint density at radius 3 is 2.76 bits per heavy atom. The third-order valence-electron chi connectivity index (χ3n) is 3.59. The molecule has 0 bridgehead atoms. The van der Waals surface area contributed by atoms with Gasteiger partial charge in [0, 0.05) is 18.5 Å². The molecule has 0 saturated carbocycles. The van der Waals surface area contributed by atoms with Crippen molar-refractivity contribution >= 4 is 21.8 Å². The maximum atomic E-state index is 12.4. The number of hydrogen-bond donors (Lipinski definition) is 0. The second kappa shape index (κ2) is 5.67. The van der Waals surface area contributed by atoms with Crippen LogP contribution in [0.5, 0.6) is 0 Å². The summed E-state index contributed by atoms with van der Waals surface area (Å²) in [5.41, 5.74) is 0. The van der Waals surface area contributed by atoms with Crippen LogP contribution in [0.1, 0.15) is 20.3 Å². The third kappa shape index (κ3) is 2.83. The fraction of sp³-hybridized carbons (Fsp3) is 0.917. The summed E-state index contributed by atoms with van der Waals surface area (Å²) in [5.74, 6) is 0.469. The van der Waals surface area contributed by atoms with Crippen LogP contribution in [0.4, 0.5) is 0 Å². The first kappa shape index (κ1) is 13.3. The number of hydrogen-bond acceptors (Lipinski definition) is 3. The van der Waals surface area contributed by atoms with Gasteiger partial charge in [0.15, 0.2) is 0 Å². The van der Waals surface area contributed by atoms with E-state index < -0.39 is 0 Å². The van der Waals surface area contributed by atoms with E-state index in [9.17, 15) is 4.79 Å². The highest BCUT2D eigenvalue weighted by Gasteiger charge is 2.38. The van der Waals surface area contributed by atoms with E-state index in [2.05, 4.69) is 22.9 Å². The monoisotopic (exact) mass is 305 g/mol. The number of rotatable bonds is 2. The van der Waals surface area contributed by atoms with Crippen LogP contribution < -0.4 is 0 Å². The summed E-state index contributed by atoms with van der Waals surface area (Å²) in [6.45, 7) is 6.10. The molecular formula is C12H20BrNO3.